The third kappa shape index (κ3) is 2.13. The van der Waals surface area contributed by atoms with Crippen LogP contribution in [0.2, 0.25) is 0 Å². The first-order valence-corrected chi connectivity index (χ1v) is 6.40. The standard InChI is InChI=1S/C15H20N2O/c1-5-17(6-2)13-10-11(3)16-15-12(13)8-7-9-14(15)18-4/h7-10H,5-6H2,1-4H3. The molecule has 0 aliphatic heterocycles. The fourth-order valence-corrected chi connectivity index (χ4v) is 2.32. The van der Waals surface area contributed by atoms with Crippen LogP contribution in [0.4, 0.5) is 5.69 Å². The average Bonchev–Trinajstić information content (AvgIpc) is 2.39. The first-order chi connectivity index (χ1) is 8.71. The Balaban J connectivity index is 2.73. The molecule has 0 amide bonds. The van der Waals surface area contributed by atoms with Crippen molar-refractivity contribution in [1.29, 1.82) is 0 Å². The van der Waals surface area contributed by atoms with Crippen LogP contribution in [-0.2, 0) is 0 Å². The molecule has 0 radical (unpaired) electrons. The maximum atomic E-state index is 5.40. The Hall–Kier alpha value is -1.77. The Morgan fingerprint density at radius 1 is 1.22 bits per heavy atom. The zero-order valence-electron chi connectivity index (χ0n) is 11.5. The number of hydrogen-bond donors (Lipinski definition) is 0. The van der Waals surface area contributed by atoms with Crippen LogP contribution < -0.4 is 9.64 Å². The molecule has 1 aromatic carbocycles. The summed E-state index contributed by atoms with van der Waals surface area (Å²) in [6.07, 6.45) is 0. The number of ether oxygens (including phenoxy) is 1. The lowest BCUT2D eigenvalue weighted by Crippen LogP contribution is -2.22. The van der Waals surface area contributed by atoms with Crippen LogP contribution in [0.1, 0.15) is 19.5 Å². The van der Waals surface area contributed by atoms with Gasteiger partial charge in [0.15, 0.2) is 0 Å². The van der Waals surface area contributed by atoms with Gasteiger partial charge >= 0.3 is 0 Å². The summed E-state index contributed by atoms with van der Waals surface area (Å²) in [4.78, 5) is 6.95. The Kier molecular flexibility index (Phi) is 3.70. The molecule has 3 heteroatoms. The van der Waals surface area contributed by atoms with Crippen molar-refractivity contribution in [1.82, 2.24) is 4.98 Å². The van der Waals surface area contributed by atoms with Crippen molar-refractivity contribution in [2.45, 2.75) is 20.8 Å². The van der Waals surface area contributed by atoms with E-state index in [4.69, 9.17) is 4.74 Å². The quantitative estimate of drug-likeness (QED) is 0.824. The Morgan fingerprint density at radius 3 is 2.56 bits per heavy atom. The third-order valence-electron chi connectivity index (χ3n) is 3.23. The van der Waals surface area contributed by atoms with Crippen molar-refractivity contribution in [3.8, 4) is 5.75 Å². The van der Waals surface area contributed by atoms with Crippen LogP contribution >= 0.6 is 0 Å². The monoisotopic (exact) mass is 244 g/mol. The van der Waals surface area contributed by atoms with Crippen molar-refractivity contribution in [3.63, 3.8) is 0 Å². The van der Waals surface area contributed by atoms with Crippen molar-refractivity contribution in [3.05, 3.63) is 30.0 Å². The Labute approximate surface area is 108 Å². The number of benzene rings is 1. The molecule has 0 bridgehead atoms. The third-order valence-corrected chi connectivity index (χ3v) is 3.23. The van der Waals surface area contributed by atoms with E-state index in [0.29, 0.717) is 0 Å². The van der Waals surface area contributed by atoms with Crippen molar-refractivity contribution in [2.75, 3.05) is 25.1 Å². The minimum absolute atomic E-state index is 0.838. The van der Waals surface area contributed by atoms with Crippen LogP contribution in [0.15, 0.2) is 24.3 Å². The number of hydrogen-bond acceptors (Lipinski definition) is 3. The van der Waals surface area contributed by atoms with E-state index >= 15 is 0 Å². The topological polar surface area (TPSA) is 25.4 Å². The highest BCUT2D eigenvalue weighted by Gasteiger charge is 2.11. The average molecular weight is 244 g/mol. The molecule has 0 atom stereocenters. The number of pyridine rings is 1. The van der Waals surface area contributed by atoms with Crippen LogP contribution in [-0.4, -0.2) is 25.2 Å². The number of methoxy groups -OCH3 is 1. The summed E-state index contributed by atoms with van der Waals surface area (Å²) in [5.41, 5.74) is 3.21. The van der Waals surface area contributed by atoms with E-state index in [1.54, 1.807) is 7.11 Å². The first-order valence-electron chi connectivity index (χ1n) is 6.40. The van der Waals surface area contributed by atoms with Crippen LogP contribution in [0, 0.1) is 6.92 Å². The molecular formula is C15H20N2O. The summed E-state index contributed by atoms with van der Waals surface area (Å²) in [6, 6.07) is 8.23. The zero-order chi connectivity index (χ0) is 13.1. The number of nitrogens with zero attached hydrogens (tertiary/aromatic N) is 2. The highest BCUT2D eigenvalue weighted by atomic mass is 16.5. The minimum Gasteiger partial charge on any atom is -0.494 e. The SMILES string of the molecule is CCN(CC)c1cc(C)nc2c(OC)cccc12. The number of anilines is 1. The molecule has 0 saturated carbocycles. The summed E-state index contributed by atoms with van der Waals surface area (Å²) in [7, 11) is 1.69. The van der Waals surface area contributed by atoms with E-state index in [0.717, 1.165) is 35.4 Å². The lowest BCUT2D eigenvalue weighted by Gasteiger charge is -2.23. The van der Waals surface area contributed by atoms with Gasteiger partial charge in [-0.2, -0.15) is 0 Å². The van der Waals surface area contributed by atoms with Gasteiger partial charge in [0.1, 0.15) is 11.3 Å². The van der Waals surface area contributed by atoms with Gasteiger partial charge in [0.25, 0.3) is 0 Å². The summed E-state index contributed by atoms with van der Waals surface area (Å²) in [5.74, 6) is 0.838. The van der Waals surface area contributed by atoms with Gasteiger partial charge in [0.2, 0.25) is 0 Å². The highest BCUT2D eigenvalue weighted by molar-refractivity contribution is 5.95. The molecule has 3 nitrogen and oxygen atoms in total. The van der Waals surface area contributed by atoms with Crippen molar-refractivity contribution < 1.29 is 4.74 Å². The summed E-state index contributed by atoms with van der Waals surface area (Å²) >= 11 is 0. The molecule has 0 unspecified atom stereocenters. The highest BCUT2D eigenvalue weighted by Crippen LogP contribution is 2.31. The molecule has 0 aliphatic rings. The molecule has 0 spiro atoms. The van der Waals surface area contributed by atoms with Gasteiger partial charge in [0.05, 0.1) is 7.11 Å². The van der Waals surface area contributed by atoms with Gasteiger partial charge < -0.3 is 9.64 Å². The smallest absolute Gasteiger partial charge is 0.145 e. The van der Waals surface area contributed by atoms with E-state index < -0.39 is 0 Å². The van der Waals surface area contributed by atoms with Gasteiger partial charge in [-0.25, -0.2) is 4.98 Å². The molecular weight excluding hydrogens is 224 g/mol. The number of aryl methyl sites for hydroxylation is 1. The molecule has 18 heavy (non-hydrogen) atoms. The molecule has 1 heterocycles. The normalized spacial score (nSPS) is 10.7. The van der Waals surface area contributed by atoms with Crippen molar-refractivity contribution in [2.24, 2.45) is 0 Å². The van der Waals surface area contributed by atoms with Gasteiger partial charge in [-0.15, -0.1) is 0 Å². The number of aromatic nitrogens is 1. The molecule has 0 aliphatic carbocycles. The summed E-state index contributed by atoms with van der Waals surface area (Å²) in [5, 5.41) is 1.16. The molecule has 0 saturated heterocycles. The predicted molar refractivity (Wildman–Crippen MR) is 76.6 cm³/mol. The molecule has 0 fully saturated rings. The second-order valence-electron chi connectivity index (χ2n) is 4.31. The Morgan fingerprint density at radius 2 is 1.94 bits per heavy atom. The Bertz CT molecular complexity index is 547. The number of rotatable bonds is 4. The summed E-state index contributed by atoms with van der Waals surface area (Å²) < 4.78 is 5.40. The van der Waals surface area contributed by atoms with Crippen LogP contribution in [0.3, 0.4) is 0 Å². The lowest BCUT2D eigenvalue weighted by atomic mass is 10.1. The molecule has 1 aromatic heterocycles. The predicted octanol–water partition coefficient (Wildman–Crippen LogP) is 3.40. The van der Waals surface area contributed by atoms with Gasteiger partial charge in [-0.05, 0) is 32.9 Å². The van der Waals surface area contributed by atoms with E-state index in [1.165, 1.54) is 5.69 Å². The second-order valence-corrected chi connectivity index (χ2v) is 4.31. The van der Waals surface area contributed by atoms with E-state index in [-0.39, 0.29) is 0 Å². The second kappa shape index (κ2) is 5.25. The first kappa shape index (κ1) is 12.7. The van der Waals surface area contributed by atoms with Gasteiger partial charge in [0, 0.05) is 29.9 Å². The largest absolute Gasteiger partial charge is 0.494 e. The number of para-hydroxylation sites is 1. The molecule has 2 rings (SSSR count). The van der Waals surface area contributed by atoms with Crippen LogP contribution in [0.5, 0.6) is 5.75 Å². The maximum absolute atomic E-state index is 5.40. The lowest BCUT2D eigenvalue weighted by molar-refractivity contribution is 0.419. The van der Waals surface area contributed by atoms with E-state index in [1.807, 2.05) is 19.1 Å². The minimum atomic E-state index is 0.838. The van der Waals surface area contributed by atoms with Gasteiger partial charge in [-0.1, -0.05) is 12.1 Å². The fourth-order valence-electron chi connectivity index (χ4n) is 2.32. The van der Waals surface area contributed by atoms with Crippen LogP contribution in [0.25, 0.3) is 10.9 Å². The maximum Gasteiger partial charge on any atom is 0.145 e. The summed E-state index contributed by atoms with van der Waals surface area (Å²) in [6.45, 7) is 8.36. The molecule has 2 aromatic rings. The zero-order valence-corrected chi connectivity index (χ0v) is 11.5. The number of fused-ring (bicyclic) bond motifs is 1. The van der Waals surface area contributed by atoms with Crippen molar-refractivity contribution >= 4 is 16.6 Å². The molecule has 0 N–H and O–H groups in total. The van der Waals surface area contributed by atoms with E-state index in [9.17, 15) is 0 Å². The van der Waals surface area contributed by atoms with Gasteiger partial charge in [-0.3, -0.25) is 0 Å². The fraction of sp³-hybridized carbons (Fsp3) is 0.400. The van der Waals surface area contributed by atoms with E-state index in [2.05, 4.69) is 35.9 Å². The molecule has 96 valence electrons.